The third-order valence-corrected chi connectivity index (χ3v) is 5.53. The van der Waals surface area contributed by atoms with Crippen molar-refractivity contribution < 1.29 is 4.79 Å². The Bertz CT molecular complexity index is 992. The van der Waals surface area contributed by atoms with Gasteiger partial charge in [0.1, 0.15) is 10.7 Å². The maximum absolute atomic E-state index is 12.6. The zero-order valence-electron chi connectivity index (χ0n) is 14.0. The van der Waals surface area contributed by atoms with Crippen LogP contribution in [0, 0.1) is 10.5 Å². The van der Waals surface area contributed by atoms with Crippen LogP contribution in [0.1, 0.15) is 21.1 Å². The number of benzene rings is 1. The van der Waals surface area contributed by atoms with E-state index in [1.54, 1.807) is 6.92 Å². The quantitative estimate of drug-likeness (QED) is 0.577. The fourth-order valence-corrected chi connectivity index (χ4v) is 3.96. The third kappa shape index (κ3) is 3.91. The van der Waals surface area contributed by atoms with E-state index in [4.69, 9.17) is 0 Å². The van der Waals surface area contributed by atoms with Gasteiger partial charge in [0.15, 0.2) is 0 Å². The molecule has 1 aromatic carbocycles. The van der Waals surface area contributed by atoms with E-state index in [1.165, 1.54) is 11.3 Å². The van der Waals surface area contributed by atoms with E-state index < -0.39 is 0 Å². The topological polar surface area (TPSA) is 78.1 Å². The van der Waals surface area contributed by atoms with Crippen molar-refractivity contribution in [3.05, 3.63) is 54.5 Å². The summed E-state index contributed by atoms with van der Waals surface area (Å²) in [6.45, 7) is 2.32. The summed E-state index contributed by atoms with van der Waals surface area (Å²) in [5, 5.41) is 3.36. The van der Waals surface area contributed by atoms with Crippen molar-refractivity contribution in [3.63, 3.8) is 0 Å². The lowest BCUT2D eigenvalue weighted by Gasteiger charge is -2.07. The Balaban J connectivity index is 1.97. The molecule has 2 heterocycles. The minimum absolute atomic E-state index is 0.205. The van der Waals surface area contributed by atoms with Crippen molar-refractivity contribution in [2.75, 3.05) is 19.4 Å². The van der Waals surface area contributed by atoms with E-state index in [2.05, 4.69) is 37.9 Å². The van der Waals surface area contributed by atoms with Gasteiger partial charge in [-0.05, 0) is 73.4 Å². The average molecular weight is 468 g/mol. The number of halogens is 1. The minimum atomic E-state index is -0.227. The van der Waals surface area contributed by atoms with Crippen molar-refractivity contribution >= 4 is 55.7 Å². The summed E-state index contributed by atoms with van der Waals surface area (Å²) < 4.78 is 1.10. The number of H-pyrrole nitrogens is 1. The first-order valence-electron chi connectivity index (χ1n) is 7.59. The van der Waals surface area contributed by atoms with Crippen LogP contribution in [0.3, 0.4) is 0 Å². The lowest BCUT2D eigenvalue weighted by atomic mass is 10.2. The van der Waals surface area contributed by atoms with Gasteiger partial charge < -0.3 is 15.2 Å². The number of hydrogen-bond acceptors (Lipinski definition) is 5. The van der Waals surface area contributed by atoms with E-state index >= 15 is 0 Å². The highest BCUT2D eigenvalue weighted by molar-refractivity contribution is 14.1. The van der Waals surface area contributed by atoms with Gasteiger partial charge in [0.25, 0.3) is 11.5 Å². The molecule has 0 aliphatic carbocycles. The normalized spacial score (nSPS) is 11.2. The first-order chi connectivity index (χ1) is 11.8. The van der Waals surface area contributed by atoms with Gasteiger partial charge in [-0.25, -0.2) is 4.98 Å². The summed E-state index contributed by atoms with van der Waals surface area (Å²) in [5.74, 6) is 0.364. The molecule has 130 valence electrons. The zero-order valence-corrected chi connectivity index (χ0v) is 17.0. The molecule has 0 radical (unpaired) electrons. The molecule has 3 rings (SSSR count). The number of anilines is 1. The van der Waals surface area contributed by atoms with E-state index in [9.17, 15) is 9.59 Å². The van der Waals surface area contributed by atoms with Gasteiger partial charge >= 0.3 is 0 Å². The molecule has 0 spiro atoms. The molecule has 0 atom stereocenters. The van der Waals surface area contributed by atoms with Crippen LogP contribution in [-0.2, 0) is 6.54 Å². The summed E-state index contributed by atoms with van der Waals surface area (Å²) in [6, 6.07) is 7.55. The number of carbonyl (C=O) groups excluding carboxylic acids is 1. The van der Waals surface area contributed by atoms with Gasteiger partial charge in [-0.15, -0.1) is 11.3 Å². The number of thiophene rings is 1. The second-order valence-corrected chi connectivity index (χ2v) is 8.19. The highest BCUT2D eigenvalue weighted by atomic mass is 127. The second kappa shape index (κ2) is 7.22. The number of rotatable bonds is 4. The molecule has 3 aromatic rings. The van der Waals surface area contributed by atoms with Gasteiger partial charge in [0.2, 0.25) is 0 Å². The minimum Gasteiger partial charge on any atom is -0.321 e. The van der Waals surface area contributed by atoms with Crippen LogP contribution in [0.15, 0.2) is 29.1 Å². The van der Waals surface area contributed by atoms with Gasteiger partial charge in [0, 0.05) is 9.26 Å². The zero-order chi connectivity index (χ0) is 18.1. The SMILES string of the molecule is Cc1c(C(=O)Nc2ccc(I)cc2)sc2nc(CN(C)C)[nH]c(=O)c12. The molecule has 1 amide bonds. The number of hydrogen-bond donors (Lipinski definition) is 2. The van der Waals surface area contributed by atoms with Crippen molar-refractivity contribution in [2.24, 2.45) is 0 Å². The van der Waals surface area contributed by atoms with Gasteiger partial charge in [-0.2, -0.15) is 0 Å². The summed E-state index contributed by atoms with van der Waals surface area (Å²) in [5.41, 5.74) is 1.18. The summed E-state index contributed by atoms with van der Waals surface area (Å²) in [6.07, 6.45) is 0. The second-order valence-electron chi connectivity index (χ2n) is 5.95. The van der Waals surface area contributed by atoms with Crippen molar-refractivity contribution in [1.82, 2.24) is 14.9 Å². The summed E-state index contributed by atoms with van der Waals surface area (Å²) >= 11 is 3.46. The van der Waals surface area contributed by atoms with E-state index in [-0.39, 0.29) is 11.5 Å². The Kier molecular flexibility index (Phi) is 5.21. The number of amides is 1. The molecule has 0 aliphatic rings. The number of aryl methyl sites for hydroxylation is 1. The summed E-state index contributed by atoms with van der Waals surface area (Å²) in [4.78, 5) is 35.3. The largest absolute Gasteiger partial charge is 0.321 e. The predicted molar refractivity (Wildman–Crippen MR) is 109 cm³/mol. The highest BCUT2D eigenvalue weighted by Crippen LogP contribution is 2.28. The molecule has 0 aliphatic heterocycles. The Morgan fingerprint density at radius 3 is 2.64 bits per heavy atom. The molecule has 25 heavy (non-hydrogen) atoms. The predicted octanol–water partition coefficient (Wildman–Crippen LogP) is 3.21. The van der Waals surface area contributed by atoms with E-state index in [1.807, 2.05) is 43.3 Å². The van der Waals surface area contributed by atoms with Gasteiger partial charge in [-0.3, -0.25) is 9.59 Å². The number of nitrogens with one attached hydrogen (secondary N) is 2. The molecule has 0 saturated heterocycles. The molecule has 6 nitrogen and oxygen atoms in total. The first kappa shape index (κ1) is 18.0. The monoisotopic (exact) mass is 468 g/mol. The lowest BCUT2D eigenvalue weighted by molar-refractivity contribution is 0.103. The van der Waals surface area contributed by atoms with E-state index in [0.29, 0.717) is 33.0 Å². The van der Waals surface area contributed by atoms with Crippen molar-refractivity contribution in [1.29, 1.82) is 0 Å². The number of nitrogens with zero attached hydrogens (tertiary/aromatic N) is 2. The molecular formula is C17H17IN4O2S. The third-order valence-electron chi connectivity index (χ3n) is 3.62. The first-order valence-corrected chi connectivity index (χ1v) is 9.48. The number of carbonyl (C=O) groups is 1. The fourth-order valence-electron chi connectivity index (χ4n) is 2.50. The molecule has 2 aromatic heterocycles. The maximum Gasteiger partial charge on any atom is 0.266 e. The standard InChI is InChI=1S/C17H17IN4O2S/c1-9-13-15(23)20-12(8-22(2)3)21-17(13)25-14(9)16(24)19-11-6-4-10(18)5-7-11/h4-7H,8H2,1-3H3,(H,19,24)(H,20,21,23). The van der Waals surface area contributed by atoms with Crippen molar-refractivity contribution in [2.45, 2.75) is 13.5 Å². The maximum atomic E-state index is 12.6. The smallest absolute Gasteiger partial charge is 0.266 e. The molecular weight excluding hydrogens is 451 g/mol. The number of aromatic amines is 1. The molecule has 0 saturated carbocycles. The Morgan fingerprint density at radius 2 is 2.00 bits per heavy atom. The van der Waals surface area contributed by atoms with E-state index in [0.717, 1.165) is 9.26 Å². The van der Waals surface area contributed by atoms with Crippen molar-refractivity contribution in [3.8, 4) is 0 Å². The molecule has 2 N–H and O–H groups in total. The summed E-state index contributed by atoms with van der Waals surface area (Å²) in [7, 11) is 3.81. The number of aromatic nitrogens is 2. The van der Waals surface area contributed by atoms with Crippen LogP contribution in [0.2, 0.25) is 0 Å². The Labute approximate surface area is 162 Å². The van der Waals surface area contributed by atoms with Crippen LogP contribution in [0.25, 0.3) is 10.2 Å². The van der Waals surface area contributed by atoms with Crippen LogP contribution < -0.4 is 10.9 Å². The average Bonchev–Trinajstić information content (AvgIpc) is 2.86. The molecule has 0 bridgehead atoms. The lowest BCUT2D eigenvalue weighted by Crippen LogP contribution is -2.18. The Morgan fingerprint density at radius 1 is 1.32 bits per heavy atom. The van der Waals surface area contributed by atoms with Crippen LogP contribution in [0.4, 0.5) is 5.69 Å². The molecule has 0 fully saturated rings. The van der Waals surface area contributed by atoms with Gasteiger partial charge in [0.05, 0.1) is 16.8 Å². The van der Waals surface area contributed by atoms with Crippen LogP contribution >= 0.6 is 33.9 Å². The Hall–Kier alpha value is -1.78. The molecule has 0 unspecified atom stereocenters. The molecule has 8 heteroatoms. The number of fused-ring (bicyclic) bond motifs is 1. The van der Waals surface area contributed by atoms with Gasteiger partial charge in [-0.1, -0.05) is 0 Å². The fraction of sp³-hybridized carbons (Fsp3) is 0.235. The highest BCUT2D eigenvalue weighted by Gasteiger charge is 2.19. The van der Waals surface area contributed by atoms with Crippen LogP contribution in [-0.4, -0.2) is 34.9 Å². The van der Waals surface area contributed by atoms with Crippen LogP contribution in [0.5, 0.6) is 0 Å².